The van der Waals surface area contributed by atoms with Crippen LogP contribution in [0, 0.1) is 6.92 Å². The van der Waals surface area contributed by atoms with E-state index in [4.69, 9.17) is 27.9 Å². The van der Waals surface area contributed by atoms with Crippen molar-refractivity contribution in [2.45, 2.75) is 25.2 Å². The number of hydrogen-bond acceptors (Lipinski definition) is 4. The van der Waals surface area contributed by atoms with Gasteiger partial charge < -0.3 is 9.64 Å². The Hall–Kier alpha value is -2.60. The molecule has 2 aromatic carbocycles. The van der Waals surface area contributed by atoms with Gasteiger partial charge in [0.25, 0.3) is 5.91 Å². The molecule has 1 fully saturated rings. The smallest absolute Gasteiger partial charge is 0.258 e. The van der Waals surface area contributed by atoms with E-state index in [-0.39, 0.29) is 11.3 Å². The minimum atomic E-state index is -0.0962. The number of anilines is 1. The van der Waals surface area contributed by atoms with E-state index in [1.807, 2.05) is 35.2 Å². The van der Waals surface area contributed by atoms with Crippen molar-refractivity contribution in [3.05, 3.63) is 87.7 Å². The van der Waals surface area contributed by atoms with Gasteiger partial charge >= 0.3 is 0 Å². The van der Waals surface area contributed by atoms with Crippen LogP contribution in [0.25, 0.3) is 0 Å². The normalized spacial score (nSPS) is 17.1. The second kappa shape index (κ2) is 9.57. The molecule has 0 saturated carbocycles. The molecular formula is C27H27Cl2N3O2. The van der Waals surface area contributed by atoms with E-state index in [1.165, 1.54) is 11.1 Å². The van der Waals surface area contributed by atoms with Crippen molar-refractivity contribution in [1.29, 1.82) is 0 Å². The number of likely N-dealkylation sites (tertiary alicyclic amines) is 1. The molecule has 1 spiro atoms. The molecule has 0 aliphatic carbocycles. The van der Waals surface area contributed by atoms with Crippen molar-refractivity contribution in [3.63, 3.8) is 0 Å². The number of pyridine rings is 1. The largest absolute Gasteiger partial charge is 0.492 e. The van der Waals surface area contributed by atoms with Gasteiger partial charge in [0, 0.05) is 41.0 Å². The number of carbonyl (C=O) groups is 1. The van der Waals surface area contributed by atoms with Crippen LogP contribution in [0.15, 0.2) is 60.8 Å². The van der Waals surface area contributed by atoms with Gasteiger partial charge in [-0.05, 0) is 80.9 Å². The van der Waals surface area contributed by atoms with Gasteiger partial charge in [-0.25, -0.2) is 4.98 Å². The van der Waals surface area contributed by atoms with Crippen molar-refractivity contribution in [2.75, 3.05) is 37.7 Å². The molecule has 3 heterocycles. The fourth-order valence-electron chi connectivity index (χ4n) is 5.07. The van der Waals surface area contributed by atoms with Gasteiger partial charge in [0.05, 0.1) is 0 Å². The molecule has 7 heteroatoms. The van der Waals surface area contributed by atoms with Gasteiger partial charge in [0.1, 0.15) is 17.5 Å². The maximum absolute atomic E-state index is 13.4. The predicted molar refractivity (Wildman–Crippen MR) is 136 cm³/mol. The SMILES string of the molecule is Cc1ccc(OCCN2CCC3(CC2)CN(C(=O)c2ccnc(Cl)c2)c2ccc(Cl)cc23)cc1. The third-order valence-corrected chi connectivity index (χ3v) is 7.45. The quantitative estimate of drug-likeness (QED) is 0.421. The molecular weight excluding hydrogens is 469 g/mol. The molecule has 1 amide bonds. The van der Waals surface area contributed by atoms with Crippen LogP contribution in [-0.2, 0) is 5.41 Å². The number of ether oxygens (including phenoxy) is 1. The van der Waals surface area contributed by atoms with Gasteiger partial charge in [0.2, 0.25) is 0 Å². The first-order valence-electron chi connectivity index (χ1n) is 11.6. The Morgan fingerprint density at radius 3 is 2.56 bits per heavy atom. The first-order valence-corrected chi connectivity index (χ1v) is 12.3. The number of amides is 1. The molecule has 0 atom stereocenters. The molecule has 0 N–H and O–H groups in total. The minimum Gasteiger partial charge on any atom is -0.492 e. The highest BCUT2D eigenvalue weighted by atomic mass is 35.5. The predicted octanol–water partition coefficient (Wildman–Crippen LogP) is 5.77. The Kier molecular flexibility index (Phi) is 6.52. The Labute approximate surface area is 210 Å². The lowest BCUT2D eigenvalue weighted by Gasteiger charge is -2.39. The van der Waals surface area contributed by atoms with Crippen LogP contribution in [-0.4, -0.2) is 48.6 Å². The van der Waals surface area contributed by atoms with Crippen molar-refractivity contribution < 1.29 is 9.53 Å². The molecule has 34 heavy (non-hydrogen) atoms. The van der Waals surface area contributed by atoms with Crippen LogP contribution in [0.4, 0.5) is 5.69 Å². The van der Waals surface area contributed by atoms with Crippen LogP contribution in [0.3, 0.4) is 0 Å². The van der Waals surface area contributed by atoms with E-state index in [1.54, 1.807) is 18.3 Å². The second-order valence-corrected chi connectivity index (χ2v) is 10.0. The summed E-state index contributed by atoms with van der Waals surface area (Å²) in [6, 6.07) is 17.4. The van der Waals surface area contributed by atoms with Crippen molar-refractivity contribution in [3.8, 4) is 5.75 Å². The maximum Gasteiger partial charge on any atom is 0.258 e. The lowest BCUT2D eigenvalue weighted by Crippen LogP contribution is -2.47. The first-order chi connectivity index (χ1) is 16.4. The zero-order valence-electron chi connectivity index (χ0n) is 19.1. The number of carbonyl (C=O) groups excluding carboxylic acids is 1. The van der Waals surface area contributed by atoms with Crippen molar-refractivity contribution >= 4 is 34.8 Å². The van der Waals surface area contributed by atoms with Crippen LogP contribution >= 0.6 is 23.2 Å². The zero-order valence-corrected chi connectivity index (χ0v) is 20.6. The number of hydrogen-bond donors (Lipinski definition) is 0. The van der Waals surface area contributed by atoms with E-state index in [0.29, 0.717) is 28.9 Å². The molecule has 176 valence electrons. The fourth-order valence-corrected chi connectivity index (χ4v) is 5.42. The Morgan fingerprint density at radius 2 is 1.82 bits per heavy atom. The van der Waals surface area contributed by atoms with Gasteiger partial charge in [-0.15, -0.1) is 0 Å². The number of aryl methyl sites for hydroxylation is 1. The summed E-state index contributed by atoms with van der Waals surface area (Å²) < 4.78 is 5.93. The van der Waals surface area contributed by atoms with E-state index >= 15 is 0 Å². The maximum atomic E-state index is 13.4. The van der Waals surface area contributed by atoms with E-state index < -0.39 is 0 Å². The Bertz CT molecular complexity index is 1190. The minimum absolute atomic E-state index is 0.0568. The number of piperidine rings is 1. The fraction of sp³-hybridized carbons (Fsp3) is 0.333. The molecule has 2 aliphatic rings. The van der Waals surface area contributed by atoms with Crippen molar-refractivity contribution in [2.24, 2.45) is 0 Å². The van der Waals surface area contributed by atoms with E-state index in [9.17, 15) is 4.79 Å². The summed E-state index contributed by atoms with van der Waals surface area (Å²) in [5.41, 5.74) is 3.79. The zero-order chi connectivity index (χ0) is 23.7. The van der Waals surface area contributed by atoms with Gasteiger partial charge in [-0.1, -0.05) is 40.9 Å². The summed E-state index contributed by atoms with van der Waals surface area (Å²) in [5.74, 6) is 0.850. The molecule has 2 aliphatic heterocycles. The number of benzene rings is 2. The highest BCUT2D eigenvalue weighted by molar-refractivity contribution is 6.31. The highest BCUT2D eigenvalue weighted by Gasteiger charge is 2.46. The summed E-state index contributed by atoms with van der Waals surface area (Å²) in [7, 11) is 0. The molecule has 1 aromatic heterocycles. The molecule has 0 unspecified atom stereocenters. The van der Waals surface area contributed by atoms with Gasteiger partial charge in [0.15, 0.2) is 0 Å². The summed E-state index contributed by atoms with van der Waals surface area (Å²) >= 11 is 12.4. The number of halogens is 2. The van der Waals surface area contributed by atoms with E-state index in [0.717, 1.165) is 43.9 Å². The van der Waals surface area contributed by atoms with Crippen LogP contribution in [0.5, 0.6) is 5.75 Å². The average molecular weight is 496 g/mol. The van der Waals surface area contributed by atoms with Gasteiger partial charge in [-0.3, -0.25) is 9.69 Å². The summed E-state index contributed by atoms with van der Waals surface area (Å²) in [6.45, 7) is 6.16. The molecule has 5 nitrogen and oxygen atoms in total. The van der Waals surface area contributed by atoms with Crippen LogP contribution in [0.1, 0.15) is 34.3 Å². The van der Waals surface area contributed by atoms with Gasteiger partial charge in [-0.2, -0.15) is 0 Å². The number of aromatic nitrogens is 1. The molecule has 3 aromatic rings. The number of fused-ring (bicyclic) bond motifs is 2. The Morgan fingerprint density at radius 1 is 1.06 bits per heavy atom. The monoisotopic (exact) mass is 495 g/mol. The number of nitrogens with zero attached hydrogens (tertiary/aromatic N) is 3. The summed E-state index contributed by atoms with van der Waals surface area (Å²) in [6.07, 6.45) is 3.50. The second-order valence-electron chi connectivity index (χ2n) is 9.20. The molecule has 5 rings (SSSR count). The molecule has 0 radical (unpaired) electrons. The molecule has 1 saturated heterocycles. The summed E-state index contributed by atoms with van der Waals surface area (Å²) in [5, 5.41) is 1.02. The number of rotatable bonds is 5. The first kappa shape index (κ1) is 23.2. The third-order valence-electron chi connectivity index (χ3n) is 7.01. The highest BCUT2D eigenvalue weighted by Crippen LogP contribution is 2.48. The lowest BCUT2D eigenvalue weighted by molar-refractivity contribution is 0.0974. The average Bonchev–Trinajstić information content (AvgIpc) is 3.14. The lowest BCUT2D eigenvalue weighted by atomic mass is 9.74. The topological polar surface area (TPSA) is 45.7 Å². The molecule has 0 bridgehead atoms. The van der Waals surface area contributed by atoms with Crippen molar-refractivity contribution in [1.82, 2.24) is 9.88 Å². The standard InChI is InChI=1S/C27H27Cl2N3O2/c1-19-2-5-22(6-3-19)34-15-14-31-12-9-27(10-13-31)18-32(24-7-4-21(28)17-23(24)27)26(33)20-8-11-30-25(29)16-20/h2-8,11,16-17H,9-10,12-15,18H2,1H3. The van der Waals surface area contributed by atoms with Crippen LogP contribution < -0.4 is 9.64 Å². The van der Waals surface area contributed by atoms with Crippen LogP contribution in [0.2, 0.25) is 10.2 Å². The Balaban J connectivity index is 1.28. The van der Waals surface area contributed by atoms with E-state index in [2.05, 4.69) is 28.9 Å². The summed E-state index contributed by atoms with van der Waals surface area (Å²) in [4.78, 5) is 21.7. The third kappa shape index (κ3) is 4.65.